The standard InChI is InChI=1S/C16H33NO/c1-4-11-17-15(5-2)9-7-12-18-16-10-6-8-14(3)13-16/h14-17H,4-13H2,1-3H3. The van der Waals surface area contributed by atoms with Gasteiger partial charge in [0.2, 0.25) is 0 Å². The Bertz CT molecular complexity index is 196. The van der Waals surface area contributed by atoms with Gasteiger partial charge in [0.1, 0.15) is 0 Å². The van der Waals surface area contributed by atoms with Gasteiger partial charge in [-0.2, -0.15) is 0 Å². The molecule has 0 amide bonds. The fraction of sp³-hybridized carbons (Fsp3) is 1.00. The van der Waals surface area contributed by atoms with Crippen molar-refractivity contribution in [2.75, 3.05) is 13.2 Å². The molecule has 0 radical (unpaired) electrons. The van der Waals surface area contributed by atoms with Gasteiger partial charge in [-0.3, -0.25) is 0 Å². The Morgan fingerprint density at radius 3 is 2.78 bits per heavy atom. The minimum atomic E-state index is 0.553. The van der Waals surface area contributed by atoms with E-state index in [4.69, 9.17) is 4.74 Å². The molecule has 1 N–H and O–H groups in total. The molecular weight excluding hydrogens is 222 g/mol. The predicted octanol–water partition coefficient (Wildman–Crippen LogP) is 4.14. The number of hydrogen-bond acceptors (Lipinski definition) is 2. The zero-order chi connectivity index (χ0) is 13.2. The topological polar surface area (TPSA) is 21.3 Å². The molecule has 3 unspecified atom stereocenters. The van der Waals surface area contributed by atoms with Crippen LogP contribution in [0, 0.1) is 5.92 Å². The van der Waals surface area contributed by atoms with Gasteiger partial charge in [0, 0.05) is 12.6 Å². The lowest BCUT2D eigenvalue weighted by Crippen LogP contribution is -2.29. The summed E-state index contributed by atoms with van der Waals surface area (Å²) in [6.07, 6.45) is 10.8. The molecule has 1 saturated carbocycles. The second-order valence-electron chi connectivity index (χ2n) is 5.97. The molecule has 0 aromatic rings. The highest BCUT2D eigenvalue weighted by atomic mass is 16.5. The maximum absolute atomic E-state index is 6.02. The van der Waals surface area contributed by atoms with E-state index in [2.05, 4.69) is 26.1 Å². The molecule has 0 heterocycles. The highest BCUT2D eigenvalue weighted by Crippen LogP contribution is 2.25. The number of hydrogen-bond donors (Lipinski definition) is 1. The molecule has 0 aliphatic heterocycles. The monoisotopic (exact) mass is 255 g/mol. The normalized spacial score (nSPS) is 26.2. The smallest absolute Gasteiger partial charge is 0.0577 e. The first kappa shape index (κ1) is 16.0. The van der Waals surface area contributed by atoms with Gasteiger partial charge in [-0.1, -0.05) is 33.6 Å². The predicted molar refractivity (Wildman–Crippen MR) is 79.0 cm³/mol. The van der Waals surface area contributed by atoms with Crippen molar-refractivity contribution in [3.8, 4) is 0 Å². The first-order valence-electron chi connectivity index (χ1n) is 8.11. The van der Waals surface area contributed by atoms with Gasteiger partial charge >= 0.3 is 0 Å². The molecule has 0 spiro atoms. The summed E-state index contributed by atoms with van der Waals surface area (Å²) in [6.45, 7) is 8.97. The quantitative estimate of drug-likeness (QED) is 0.625. The summed E-state index contributed by atoms with van der Waals surface area (Å²) in [4.78, 5) is 0. The van der Waals surface area contributed by atoms with Crippen molar-refractivity contribution in [2.24, 2.45) is 5.92 Å². The van der Waals surface area contributed by atoms with Gasteiger partial charge in [0.15, 0.2) is 0 Å². The lowest BCUT2D eigenvalue weighted by Gasteiger charge is -2.27. The highest BCUT2D eigenvalue weighted by Gasteiger charge is 2.18. The Kier molecular flexibility index (Phi) is 8.70. The Labute approximate surface area is 114 Å². The lowest BCUT2D eigenvalue weighted by molar-refractivity contribution is 0.0130. The van der Waals surface area contributed by atoms with Crippen molar-refractivity contribution in [2.45, 2.75) is 84.3 Å². The number of nitrogens with one attached hydrogen (secondary N) is 1. The molecule has 3 atom stereocenters. The van der Waals surface area contributed by atoms with Crippen molar-refractivity contribution < 1.29 is 4.74 Å². The van der Waals surface area contributed by atoms with Crippen molar-refractivity contribution in [1.82, 2.24) is 5.32 Å². The summed E-state index contributed by atoms with van der Waals surface area (Å²) in [6, 6.07) is 0.693. The second-order valence-corrected chi connectivity index (χ2v) is 5.97. The number of rotatable bonds is 9. The molecule has 0 aromatic carbocycles. The average Bonchev–Trinajstić information content (AvgIpc) is 2.38. The number of ether oxygens (including phenoxy) is 1. The summed E-state index contributed by atoms with van der Waals surface area (Å²) < 4.78 is 6.02. The van der Waals surface area contributed by atoms with Gasteiger partial charge < -0.3 is 10.1 Å². The van der Waals surface area contributed by atoms with E-state index in [0.29, 0.717) is 12.1 Å². The van der Waals surface area contributed by atoms with Gasteiger partial charge in [0.05, 0.1) is 6.10 Å². The van der Waals surface area contributed by atoms with E-state index in [-0.39, 0.29) is 0 Å². The van der Waals surface area contributed by atoms with Crippen molar-refractivity contribution in [1.29, 1.82) is 0 Å². The summed E-state index contributed by atoms with van der Waals surface area (Å²) in [5.41, 5.74) is 0. The first-order valence-corrected chi connectivity index (χ1v) is 8.11. The molecule has 1 rings (SSSR count). The minimum absolute atomic E-state index is 0.553. The van der Waals surface area contributed by atoms with Crippen LogP contribution in [0.5, 0.6) is 0 Å². The van der Waals surface area contributed by atoms with Crippen LogP contribution in [0.1, 0.15) is 72.1 Å². The summed E-state index contributed by atoms with van der Waals surface area (Å²) in [5, 5.41) is 3.61. The summed E-state index contributed by atoms with van der Waals surface area (Å²) in [7, 11) is 0. The largest absolute Gasteiger partial charge is 0.378 e. The first-order chi connectivity index (χ1) is 8.76. The fourth-order valence-electron chi connectivity index (χ4n) is 2.91. The Balaban J connectivity index is 2.02. The molecule has 0 aromatic heterocycles. The van der Waals surface area contributed by atoms with Crippen LogP contribution in [0.3, 0.4) is 0 Å². The van der Waals surface area contributed by atoms with Gasteiger partial charge in [-0.25, -0.2) is 0 Å². The van der Waals surface area contributed by atoms with Crippen LogP contribution < -0.4 is 5.32 Å². The highest BCUT2D eigenvalue weighted by molar-refractivity contribution is 4.71. The minimum Gasteiger partial charge on any atom is -0.378 e. The molecule has 2 heteroatoms. The van der Waals surface area contributed by atoms with Gasteiger partial charge in [0.25, 0.3) is 0 Å². The lowest BCUT2D eigenvalue weighted by atomic mass is 9.89. The molecule has 1 aliphatic carbocycles. The molecule has 2 nitrogen and oxygen atoms in total. The molecule has 0 bridgehead atoms. The van der Waals surface area contributed by atoms with Crippen molar-refractivity contribution in [3.63, 3.8) is 0 Å². The van der Waals surface area contributed by atoms with E-state index in [1.165, 1.54) is 51.4 Å². The van der Waals surface area contributed by atoms with Crippen LogP contribution in [0.25, 0.3) is 0 Å². The SMILES string of the molecule is CCCNC(CC)CCCOC1CCCC(C)C1. The second kappa shape index (κ2) is 9.80. The zero-order valence-electron chi connectivity index (χ0n) is 12.7. The summed E-state index contributed by atoms with van der Waals surface area (Å²) >= 11 is 0. The van der Waals surface area contributed by atoms with E-state index in [1.807, 2.05) is 0 Å². The molecule has 1 fully saturated rings. The van der Waals surface area contributed by atoms with Crippen LogP contribution in [-0.2, 0) is 4.74 Å². The average molecular weight is 255 g/mol. The maximum Gasteiger partial charge on any atom is 0.0577 e. The van der Waals surface area contributed by atoms with E-state index in [9.17, 15) is 0 Å². The molecule has 0 saturated heterocycles. The van der Waals surface area contributed by atoms with Crippen LogP contribution in [0.4, 0.5) is 0 Å². The van der Waals surface area contributed by atoms with E-state index < -0.39 is 0 Å². The molecule has 18 heavy (non-hydrogen) atoms. The van der Waals surface area contributed by atoms with Crippen LogP contribution in [0.2, 0.25) is 0 Å². The van der Waals surface area contributed by atoms with Gasteiger partial charge in [-0.15, -0.1) is 0 Å². The fourth-order valence-corrected chi connectivity index (χ4v) is 2.91. The third kappa shape index (κ3) is 6.75. The van der Waals surface area contributed by atoms with Crippen molar-refractivity contribution in [3.05, 3.63) is 0 Å². The third-order valence-corrected chi connectivity index (χ3v) is 4.11. The third-order valence-electron chi connectivity index (χ3n) is 4.11. The Hall–Kier alpha value is -0.0800. The van der Waals surface area contributed by atoms with Crippen LogP contribution in [-0.4, -0.2) is 25.3 Å². The Morgan fingerprint density at radius 1 is 1.28 bits per heavy atom. The zero-order valence-corrected chi connectivity index (χ0v) is 12.7. The Morgan fingerprint density at radius 2 is 2.11 bits per heavy atom. The van der Waals surface area contributed by atoms with Crippen molar-refractivity contribution >= 4 is 0 Å². The van der Waals surface area contributed by atoms with E-state index >= 15 is 0 Å². The maximum atomic E-state index is 6.02. The van der Waals surface area contributed by atoms with Crippen LogP contribution >= 0.6 is 0 Å². The summed E-state index contributed by atoms with van der Waals surface area (Å²) in [5.74, 6) is 0.873. The molecule has 108 valence electrons. The van der Waals surface area contributed by atoms with Gasteiger partial charge in [-0.05, 0) is 51.0 Å². The molecule has 1 aliphatic rings. The van der Waals surface area contributed by atoms with Crippen LogP contribution in [0.15, 0.2) is 0 Å². The molecular formula is C16H33NO. The van der Waals surface area contributed by atoms with E-state index in [1.54, 1.807) is 0 Å². The van der Waals surface area contributed by atoms with E-state index in [0.717, 1.165) is 19.1 Å².